The van der Waals surface area contributed by atoms with E-state index in [1.807, 2.05) is 13.8 Å². The Balaban J connectivity index is 0.00000263. The number of carbonyl (C=O) groups is 3. The van der Waals surface area contributed by atoms with E-state index in [1.165, 1.54) is 18.9 Å². The summed E-state index contributed by atoms with van der Waals surface area (Å²) in [6, 6.07) is 0. The van der Waals surface area contributed by atoms with Crippen LogP contribution in [0.4, 0.5) is 0 Å². The Kier molecular flexibility index (Phi) is 15.4. The molecule has 0 aliphatic heterocycles. The molecule has 0 aromatic rings. The van der Waals surface area contributed by atoms with E-state index in [9.17, 15) is 14.4 Å². The zero-order valence-corrected chi connectivity index (χ0v) is 20.7. The molecule has 3 atom stereocenters. The lowest BCUT2D eigenvalue weighted by atomic mass is 9.75. The number of hydrogen-bond acceptors (Lipinski definition) is 3. The number of allylic oxidation sites excluding steroid dienone is 4. The summed E-state index contributed by atoms with van der Waals surface area (Å²) in [5, 5.41) is 0. The predicted octanol–water partition coefficient (Wildman–Crippen LogP) is 7.44. The number of hydrogen-bond donors (Lipinski definition) is 0. The standard InChI is InChI=1S/C24H38O3.C3H8/c1-6-8-21(23(7-2)24(27)14-19(5)25)15-20-12-11-17(3)9-10-18(4)13-22(26)16-20;1-3-2/h9-10,20-21,23H,6-8,11-16H2,1-5H3;3H2,1-2H3/b17-9-,18-10-;. The molecule has 0 N–H and O–H groups in total. The van der Waals surface area contributed by atoms with Gasteiger partial charge in [0.1, 0.15) is 17.3 Å². The second-order valence-corrected chi connectivity index (χ2v) is 9.20. The van der Waals surface area contributed by atoms with Gasteiger partial charge < -0.3 is 0 Å². The van der Waals surface area contributed by atoms with Crippen LogP contribution >= 0.6 is 0 Å². The third-order valence-corrected chi connectivity index (χ3v) is 5.73. The van der Waals surface area contributed by atoms with Crippen LogP contribution in [0.5, 0.6) is 0 Å². The minimum atomic E-state index is -0.0578. The quantitative estimate of drug-likeness (QED) is 0.366. The van der Waals surface area contributed by atoms with Gasteiger partial charge in [-0.2, -0.15) is 0 Å². The van der Waals surface area contributed by atoms with Crippen molar-refractivity contribution in [3.8, 4) is 0 Å². The lowest BCUT2D eigenvalue weighted by molar-refractivity contribution is -0.129. The van der Waals surface area contributed by atoms with E-state index in [-0.39, 0.29) is 29.8 Å². The summed E-state index contributed by atoms with van der Waals surface area (Å²) < 4.78 is 0. The third kappa shape index (κ3) is 12.2. The molecule has 3 unspecified atom stereocenters. The van der Waals surface area contributed by atoms with Crippen molar-refractivity contribution in [3.63, 3.8) is 0 Å². The molecule has 0 saturated carbocycles. The first-order valence-electron chi connectivity index (χ1n) is 12.0. The summed E-state index contributed by atoms with van der Waals surface area (Å²) in [6.07, 6.45) is 12.3. The van der Waals surface area contributed by atoms with Crippen molar-refractivity contribution in [1.29, 1.82) is 0 Å². The second kappa shape index (κ2) is 16.2. The van der Waals surface area contributed by atoms with E-state index in [4.69, 9.17) is 0 Å². The van der Waals surface area contributed by atoms with Crippen molar-refractivity contribution in [3.05, 3.63) is 23.3 Å². The van der Waals surface area contributed by atoms with E-state index in [1.54, 1.807) is 0 Å². The van der Waals surface area contributed by atoms with Crippen LogP contribution < -0.4 is 0 Å². The van der Waals surface area contributed by atoms with E-state index in [0.29, 0.717) is 24.5 Å². The van der Waals surface area contributed by atoms with Crippen LogP contribution in [0.1, 0.15) is 113 Å². The molecule has 0 fully saturated rings. The van der Waals surface area contributed by atoms with Gasteiger partial charge in [-0.3, -0.25) is 14.4 Å². The van der Waals surface area contributed by atoms with Crippen molar-refractivity contribution >= 4 is 17.3 Å². The molecule has 0 amide bonds. The summed E-state index contributed by atoms with van der Waals surface area (Å²) in [7, 11) is 0. The average molecular weight is 419 g/mol. The monoisotopic (exact) mass is 418 g/mol. The Hall–Kier alpha value is -1.51. The summed E-state index contributed by atoms with van der Waals surface area (Å²) >= 11 is 0. The van der Waals surface area contributed by atoms with Crippen LogP contribution in [0.2, 0.25) is 0 Å². The van der Waals surface area contributed by atoms with Gasteiger partial charge in [0.05, 0.1) is 6.42 Å². The molecular formula is C27H46O3. The molecule has 0 aromatic carbocycles. The third-order valence-electron chi connectivity index (χ3n) is 5.73. The maximum atomic E-state index is 12.6. The van der Waals surface area contributed by atoms with Gasteiger partial charge in [0.25, 0.3) is 0 Å². The van der Waals surface area contributed by atoms with E-state index >= 15 is 0 Å². The molecule has 3 heteroatoms. The van der Waals surface area contributed by atoms with Gasteiger partial charge in [-0.15, -0.1) is 0 Å². The van der Waals surface area contributed by atoms with Gasteiger partial charge in [0.2, 0.25) is 0 Å². The molecule has 0 aromatic heterocycles. The molecule has 0 spiro atoms. The number of ketones is 3. The van der Waals surface area contributed by atoms with Crippen LogP contribution in [0, 0.1) is 17.8 Å². The van der Waals surface area contributed by atoms with Crippen molar-refractivity contribution < 1.29 is 14.4 Å². The molecule has 172 valence electrons. The molecule has 0 bridgehead atoms. The largest absolute Gasteiger partial charge is 0.300 e. The molecule has 3 nitrogen and oxygen atoms in total. The lowest BCUT2D eigenvalue weighted by Gasteiger charge is -2.29. The molecular weight excluding hydrogens is 372 g/mol. The fraction of sp³-hybridized carbons (Fsp3) is 0.741. The molecule has 1 aliphatic rings. The van der Waals surface area contributed by atoms with Crippen molar-refractivity contribution in [2.75, 3.05) is 0 Å². The molecule has 1 aliphatic carbocycles. The van der Waals surface area contributed by atoms with Gasteiger partial charge in [-0.25, -0.2) is 0 Å². The Morgan fingerprint density at radius 3 is 2.20 bits per heavy atom. The maximum absolute atomic E-state index is 12.6. The topological polar surface area (TPSA) is 51.2 Å². The van der Waals surface area contributed by atoms with Gasteiger partial charge in [-0.1, -0.05) is 70.3 Å². The summed E-state index contributed by atoms with van der Waals surface area (Å²) in [4.78, 5) is 36.5. The number of rotatable bonds is 9. The fourth-order valence-corrected chi connectivity index (χ4v) is 4.35. The van der Waals surface area contributed by atoms with E-state index in [0.717, 1.165) is 44.1 Å². The Labute approximate surface area is 185 Å². The Bertz CT molecular complexity index is 597. The van der Waals surface area contributed by atoms with Crippen LogP contribution in [0.3, 0.4) is 0 Å². The lowest BCUT2D eigenvalue weighted by Crippen LogP contribution is -2.27. The summed E-state index contributed by atoms with van der Waals surface area (Å²) in [5.74, 6) is 0.878. The SMILES string of the molecule is CCC.CCCC(CC1CC/C(C)=C\C=C(\C)CC(=O)C1)C(CC)C(=O)CC(C)=O. The van der Waals surface area contributed by atoms with Crippen molar-refractivity contribution in [2.24, 2.45) is 17.8 Å². The maximum Gasteiger partial charge on any atom is 0.143 e. The molecule has 0 radical (unpaired) electrons. The first-order chi connectivity index (χ1) is 14.2. The highest BCUT2D eigenvalue weighted by Crippen LogP contribution is 2.33. The predicted molar refractivity (Wildman–Crippen MR) is 128 cm³/mol. The summed E-state index contributed by atoms with van der Waals surface area (Å²) in [5.41, 5.74) is 2.47. The van der Waals surface area contributed by atoms with Crippen molar-refractivity contribution in [2.45, 2.75) is 113 Å². The highest BCUT2D eigenvalue weighted by Gasteiger charge is 2.29. The van der Waals surface area contributed by atoms with Gasteiger partial charge in [0, 0.05) is 18.8 Å². The smallest absolute Gasteiger partial charge is 0.143 e. The van der Waals surface area contributed by atoms with Crippen LogP contribution in [-0.2, 0) is 14.4 Å². The van der Waals surface area contributed by atoms with Gasteiger partial charge in [0.15, 0.2) is 0 Å². The van der Waals surface area contributed by atoms with E-state index < -0.39 is 0 Å². The minimum Gasteiger partial charge on any atom is -0.300 e. The summed E-state index contributed by atoms with van der Waals surface area (Å²) in [6.45, 7) is 14.1. The zero-order chi connectivity index (χ0) is 23.1. The highest BCUT2D eigenvalue weighted by molar-refractivity contribution is 5.99. The first-order valence-corrected chi connectivity index (χ1v) is 12.0. The van der Waals surface area contributed by atoms with Crippen LogP contribution in [0.15, 0.2) is 23.3 Å². The van der Waals surface area contributed by atoms with Crippen LogP contribution in [0.25, 0.3) is 0 Å². The van der Waals surface area contributed by atoms with Gasteiger partial charge in [-0.05, 0) is 58.3 Å². The molecule has 1 rings (SSSR count). The molecule has 0 heterocycles. The van der Waals surface area contributed by atoms with Crippen molar-refractivity contribution in [1.82, 2.24) is 0 Å². The second-order valence-electron chi connectivity index (χ2n) is 9.20. The van der Waals surface area contributed by atoms with Gasteiger partial charge >= 0.3 is 0 Å². The van der Waals surface area contributed by atoms with Crippen LogP contribution in [-0.4, -0.2) is 17.3 Å². The number of carbonyl (C=O) groups excluding carboxylic acids is 3. The van der Waals surface area contributed by atoms with E-state index in [2.05, 4.69) is 39.8 Å². The Morgan fingerprint density at radius 1 is 1.07 bits per heavy atom. The zero-order valence-electron chi connectivity index (χ0n) is 20.7. The highest BCUT2D eigenvalue weighted by atomic mass is 16.1. The minimum absolute atomic E-state index is 0.0498. The Morgan fingerprint density at radius 2 is 1.67 bits per heavy atom. The molecule has 0 saturated heterocycles. The molecule has 30 heavy (non-hydrogen) atoms. The first kappa shape index (κ1) is 28.5. The number of Topliss-reactive ketones (excluding diaryl/α,β-unsaturated/α-hetero) is 3. The average Bonchev–Trinajstić information content (AvgIpc) is 2.64. The normalized spacial score (nSPS) is 23.0. The fourth-order valence-electron chi connectivity index (χ4n) is 4.35.